The van der Waals surface area contributed by atoms with Crippen LogP contribution in [-0.2, 0) is 28.8 Å². The molecule has 0 aromatic heterocycles. The van der Waals surface area contributed by atoms with Gasteiger partial charge in [0.1, 0.15) is 18.1 Å². The van der Waals surface area contributed by atoms with E-state index in [0.717, 1.165) is 0 Å². The lowest BCUT2D eigenvalue weighted by Crippen LogP contribution is -2.57. The Morgan fingerprint density at radius 3 is 2.09 bits per heavy atom. The average molecular weight is 505 g/mol. The molecule has 4 atom stereocenters. The lowest BCUT2D eigenvalue weighted by atomic mass is 10.1. The van der Waals surface area contributed by atoms with Crippen LogP contribution in [0.1, 0.15) is 44.9 Å². The maximum Gasteiger partial charge on any atom is 0.326 e. The number of rotatable bonds is 15. The number of hydrogen-bond donors (Lipinski definition) is 6. The van der Waals surface area contributed by atoms with E-state index in [9.17, 15) is 33.9 Å². The second-order valence-electron chi connectivity index (χ2n) is 7.90. The fraction of sp³-hybridized carbons (Fsp3) is 0.700. The number of hydrogen-bond acceptors (Lipinski definition) is 8. The summed E-state index contributed by atoms with van der Waals surface area (Å²) in [5.74, 6) is -5.22. The molecular weight excluding hydrogens is 472 g/mol. The minimum Gasteiger partial charge on any atom is -0.481 e. The molecule has 0 aromatic rings. The van der Waals surface area contributed by atoms with Gasteiger partial charge in [-0.05, 0) is 44.1 Å². The van der Waals surface area contributed by atoms with Crippen LogP contribution in [0.3, 0.4) is 0 Å². The molecule has 1 aliphatic rings. The summed E-state index contributed by atoms with van der Waals surface area (Å²) in [7, 11) is 0. The predicted octanol–water partition coefficient (Wildman–Crippen LogP) is -1.16. The van der Waals surface area contributed by atoms with Crippen molar-refractivity contribution in [1.29, 1.82) is 0 Å². The fourth-order valence-corrected chi connectivity index (χ4v) is 3.95. The molecule has 3 amide bonds. The maximum atomic E-state index is 13.1. The summed E-state index contributed by atoms with van der Waals surface area (Å²) < 4.78 is 0. The summed E-state index contributed by atoms with van der Waals surface area (Å²) in [4.78, 5) is 72.7. The predicted molar refractivity (Wildman–Crippen MR) is 121 cm³/mol. The Hall–Kier alpha value is -2.87. The minimum atomic E-state index is -1.34. The summed E-state index contributed by atoms with van der Waals surface area (Å²) in [5, 5.41) is 32.0. The van der Waals surface area contributed by atoms with E-state index in [0.29, 0.717) is 18.6 Å². The molecule has 0 bridgehead atoms. The molecule has 0 saturated carbocycles. The number of carboxylic acid groups (broad SMARTS) is 3. The Morgan fingerprint density at radius 2 is 1.53 bits per heavy atom. The molecule has 0 radical (unpaired) electrons. The molecular formula is C20H32N4O9S. The molecule has 1 fully saturated rings. The molecule has 14 heteroatoms. The van der Waals surface area contributed by atoms with Crippen LogP contribution in [0.2, 0.25) is 0 Å². The molecule has 192 valence electrons. The first kappa shape index (κ1) is 29.2. The molecule has 1 rings (SSSR count). The van der Waals surface area contributed by atoms with Crippen molar-refractivity contribution in [1.82, 2.24) is 15.5 Å². The van der Waals surface area contributed by atoms with Crippen molar-refractivity contribution in [2.45, 2.75) is 69.1 Å². The molecule has 1 aliphatic heterocycles. The number of carbonyl (C=O) groups is 6. The number of nitrogens with two attached hydrogens (primary N) is 1. The Bertz CT molecular complexity index is 779. The van der Waals surface area contributed by atoms with Gasteiger partial charge in [-0.3, -0.25) is 24.0 Å². The van der Waals surface area contributed by atoms with Crippen molar-refractivity contribution >= 4 is 47.4 Å². The lowest BCUT2D eigenvalue weighted by Gasteiger charge is -2.29. The van der Waals surface area contributed by atoms with E-state index in [2.05, 4.69) is 10.6 Å². The average Bonchev–Trinajstić information content (AvgIpc) is 3.27. The SMILES string of the molecule is CSCCC(NC(=O)C(CCC(=O)O)NC(=O)C(N)CCC(=O)O)C(=O)N1CCCC1C(=O)O. The number of carboxylic acids is 3. The van der Waals surface area contributed by atoms with Gasteiger partial charge in [0.05, 0.1) is 6.04 Å². The number of aliphatic carboxylic acids is 3. The molecule has 34 heavy (non-hydrogen) atoms. The van der Waals surface area contributed by atoms with Crippen LogP contribution in [-0.4, -0.2) is 98.6 Å². The molecule has 1 saturated heterocycles. The van der Waals surface area contributed by atoms with Crippen molar-refractivity contribution in [2.24, 2.45) is 5.73 Å². The van der Waals surface area contributed by atoms with E-state index in [1.54, 1.807) is 6.26 Å². The van der Waals surface area contributed by atoms with Crippen molar-refractivity contribution in [2.75, 3.05) is 18.6 Å². The summed E-state index contributed by atoms with van der Waals surface area (Å²) >= 11 is 1.42. The highest BCUT2D eigenvalue weighted by Gasteiger charge is 2.38. The van der Waals surface area contributed by atoms with Gasteiger partial charge >= 0.3 is 17.9 Å². The van der Waals surface area contributed by atoms with Crippen molar-refractivity contribution in [3.05, 3.63) is 0 Å². The van der Waals surface area contributed by atoms with E-state index in [1.807, 2.05) is 0 Å². The normalized spacial score (nSPS) is 17.9. The largest absolute Gasteiger partial charge is 0.481 e. The van der Waals surface area contributed by atoms with Crippen LogP contribution in [0, 0.1) is 0 Å². The van der Waals surface area contributed by atoms with E-state index in [4.69, 9.17) is 15.9 Å². The van der Waals surface area contributed by atoms with Gasteiger partial charge in [-0.2, -0.15) is 11.8 Å². The van der Waals surface area contributed by atoms with Crippen molar-refractivity contribution in [3.8, 4) is 0 Å². The number of carbonyl (C=O) groups excluding carboxylic acids is 3. The van der Waals surface area contributed by atoms with E-state index < -0.39 is 66.2 Å². The first-order valence-electron chi connectivity index (χ1n) is 10.8. The van der Waals surface area contributed by atoms with Gasteiger partial charge in [-0.25, -0.2) is 4.79 Å². The summed E-state index contributed by atoms with van der Waals surface area (Å²) in [6, 6.07) is -4.62. The topological polar surface area (TPSA) is 216 Å². The molecule has 0 spiro atoms. The third-order valence-corrected chi connectivity index (χ3v) is 5.98. The molecule has 0 aromatic carbocycles. The van der Waals surface area contributed by atoms with Gasteiger partial charge in [0, 0.05) is 19.4 Å². The van der Waals surface area contributed by atoms with Crippen LogP contribution in [0.4, 0.5) is 0 Å². The number of likely N-dealkylation sites (tertiary alicyclic amines) is 1. The van der Waals surface area contributed by atoms with Crippen LogP contribution < -0.4 is 16.4 Å². The second-order valence-corrected chi connectivity index (χ2v) is 8.89. The molecule has 7 N–H and O–H groups in total. The number of nitrogens with one attached hydrogen (secondary N) is 2. The minimum absolute atomic E-state index is 0.186. The number of amides is 3. The number of thioether (sulfide) groups is 1. The second kappa shape index (κ2) is 14.4. The Morgan fingerprint density at radius 1 is 0.941 bits per heavy atom. The zero-order valence-corrected chi connectivity index (χ0v) is 19.7. The third-order valence-electron chi connectivity index (χ3n) is 5.33. The molecule has 1 heterocycles. The van der Waals surface area contributed by atoms with Crippen molar-refractivity contribution in [3.63, 3.8) is 0 Å². The third kappa shape index (κ3) is 9.55. The molecule has 0 aliphatic carbocycles. The maximum absolute atomic E-state index is 13.1. The van der Waals surface area contributed by atoms with Crippen LogP contribution in [0.15, 0.2) is 0 Å². The van der Waals surface area contributed by atoms with Crippen LogP contribution in [0.5, 0.6) is 0 Å². The van der Waals surface area contributed by atoms with Gasteiger partial charge < -0.3 is 36.6 Å². The van der Waals surface area contributed by atoms with Crippen molar-refractivity contribution < 1.29 is 44.1 Å². The first-order valence-corrected chi connectivity index (χ1v) is 12.2. The van der Waals surface area contributed by atoms with Gasteiger partial charge in [0.15, 0.2) is 0 Å². The Labute approximate surface area is 200 Å². The fourth-order valence-electron chi connectivity index (χ4n) is 3.48. The summed E-state index contributed by atoms with van der Waals surface area (Å²) in [6.07, 6.45) is 1.51. The monoisotopic (exact) mass is 504 g/mol. The Kier molecular flexibility index (Phi) is 12.4. The zero-order valence-electron chi connectivity index (χ0n) is 18.9. The highest BCUT2D eigenvalue weighted by Crippen LogP contribution is 2.20. The quantitative estimate of drug-likeness (QED) is 0.156. The van der Waals surface area contributed by atoms with Gasteiger partial charge in [-0.1, -0.05) is 0 Å². The van der Waals surface area contributed by atoms with E-state index >= 15 is 0 Å². The first-order chi connectivity index (χ1) is 16.0. The smallest absolute Gasteiger partial charge is 0.326 e. The summed E-state index contributed by atoms with van der Waals surface area (Å²) in [6.45, 7) is 0.235. The standard InChI is InChI=1S/C20H32N4O9S/c1-34-10-8-13(19(31)24-9-2-3-14(24)20(32)33)23-18(30)12(5-7-16(27)28)22-17(29)11(21)4-6-15(25)26/h11-14H,2-10,21H2,1H3,(H,22,29)(H,23,30)(H,25,26)(H,27,28)(H,32,33). The van der Waals surface area contributed by atoms with E-state index in [-0.39, 0.29) is 32.2 Å². The lowest BCUT2D eigenvalue weighted by molar-refractivity contribution is -0.149. The molecule has 4 unspecified atom stereocenters. The van der Waals surface area contributed by atoms with Gasteiger partial charge in [0.2, 0.25) is 17.7 Å². The highest BCUT2D eigenvalue weighted by molar-refractivity contribution is 7.98. The van der Waals surface area contributed by atoms with Crippen LogP contribution >= 0.6 is 11.8 Å². The summed E-state index contributed by atoms with van der Waals surface area (Å²) in [5.41, 5.74) is 5.67. The highest BCUT2D eigenvalue weighted by atomic mass is 32.2. The number of nitrogens with zero attached hydrogens (tertiary/aromatic N) is 1. The Balaban J connectivity index is 2.97. The van der Waals surface area contributed by atoms with Gasteiger partial charge in [-0.15, -0.1) is 0 Å². The van der Waals surface area contributed by atoms with E-state index in [1.165, 1.54) is 16.7 Å². The van der Waals surface area contributed by atoms with Crippen LogP contribution in [0.25, 0.3) is 0 Å². The van der Waals surface area contributed by atoms with Gasteiger partial charge in [0.25, 0.3) is 0 Å². The molecule has 13 nitrogen and oxygen atoms in total. The zero-order chi connectivity index (χ0) is 25.8.